The van der Waals surface area contributed by atoms with Crippen LogP contribution in [0.5, 0.6) is 0 Å². The second-order valence-corrected chi connectivity index (χ2v) is 2.91. The summed E-state index contributed by atoms with van der Waals surface area (Å²) in [5.74, 6) is 0. The molecule has 0 aliphatic rings. The molecule has 0 aliphatic heterocycles. The molecule has 0 aliphatic carbocycles. The summed E-state index contributed by atoms with van der Waals surface area (Å²) in [5, 5.41) is 0.761. The van der Waals surface area contributed by atoms with Gasteiger partial charge >= 0.3 is 0 Å². The zero-order valence-corrected chi connectivity index (χ0v) is 7.83. The van der Waals surface area contributed by atoms with Crippen molar-refractivity contribution in [1.29, 1.82) is 0 Å². The van der Waals surface area contributed by atoms with Crippen molar-refractivity contribution in [3.8, 4) is 0 Å². The lowest BCUT2D eigenvalue weighted by molar-refractivity contribution is 0.204. The summed E-state index contributed by atoms with van der Waals surface area (Å²) in [6, 6.07) is 0. The van der Waals surface area contributed by atoms with Crippen LogP contribution in [0.3, 0.4) is 0 Å². The van der Waals surface area contributed by atoms with Crippen LogP contribution in [0.4, 0.5) is 0 Å². The lowest BCUT2D eigenvalue weighted by Gasteiger charge is -2.11. The molecule has 0 amide bonds. The highest BCUT2D eigenvalue weighted by atomic mass is 32.1. The maximum atomic E-state index is 5.37. The molecule has 0 radical (unpaired) electrons. The van der Waals surface area contributed by atoms with E-state index in [4.69, 9.17) is 17.0 Å². The van der Waals surface area contributed by atoms with Gasteiger partial charge in [-0.3, -0.25) is 0 Å². The highest BCUT2D eigenvalue weighted by molar-refractivity contribution is 7.80. The molecule has 0 saturated heterocycles. The van der Waals surface area contributed by atoms with Crippen LogP contribution in [0.1, 0.15) is 40.0 Å². The predicted molar refractivity (Wildman–Crippen MR) is 48.3 cm³/mol. The number of ether oxygens (including phenoxy) is 1. The van der Waals surface area contributed by atoms with Gasteiger partial charge in [0.2, 0.25) is 0 Å². The van der Waals surface area contributed by atoms with E-state index in [0.29, 0.717) is 6.10 Å². The summed E-state index contributed by atoms with van der Waals surface area (Å²) < 4.78 is 5.37. The average Bonchev–Trinajstić information content (AvgIpc) is 1.88. The fourth-order valence-electron chi connectivity index (χ4n) is 0.571. The van der Waals surface area contributed by atoms with Crippen molar-refractivity contribution in [2.45, 2.75) is 46.1 Å². The minimum absolute atomic E-state index is 0.291. The molecule has 0 saturated carbocycles. The molecule has 0 aromatic carbocycles. The molecular weight excluding hydrogens is 144 g/mol. The second kappa shape index (κ2) is 5.66. The molecule has 0 spiro atoms. The van der Waals surface area contributed by atoms with E-state index in [0.717, 1.165) is 24.3 Å². The molecule has 0 aromatic rings. The van der Waals surface area contributed by atoms with Gasteiger partial charge in [-0.25, -0.2) is 0 Å². The largest absolute Gasteiger partial charge is 0.484 e. The highest BCUT2D eigenvalue weighted by Crippen LogP contribution is 2.01. The Morgan fingerprint density at radius 2 is 2.10 bits per heavy atom. The van der Waals surface area contributed by atoms with Crippen molar-refractivity contribution in [2.24, 2.45) is 0 Å². The zero-order valence-electron chi connectivity index (χ0n) is 7.02. The molecule has 1 unspecified atom stereocenters. The lowest BCUT2D eigenvalue weighted by Crippen LogP contribution is -2.11. The molecule has 1 nitrogen and oxygen atoms in total. The van der Waals surface area contributed by atoms with Crippen molar-refractivity contribution >= 4 is 17.3 Å². The van der Waals surface area contributed by atoms with E-state index < -0.39 is 0 Å². The Balaban J connectivity index is 3.37. The van der Waals surface area contributed by atoms with E-state index in [2.05, 4.69) is 13.8 Å². The van der Waals surface area contributed by atoms with E-state index in [1.165, 1.54) is 0 Å². The van der Waals surface area contributed by atoms with Crippen LogP contribution >= 0.6 is 12.2 Å². The molecule has 60 valence electrons. The van der Waals surface area contributed by atoms with Crippen LogP contribution < -0.4 is 0 Å². The fourth-order valence-corrected chi connectivity index (χ4v) is 0.939. The van der Waals surface area contributed by atoms with Crippen LogP contribution in [0.25, 0.3) is 0 Å². The van der Waals surface area contributed by atoms with E-state index in [1.54, 1.807) is 0 Å². The summed E-state index contributed by atoms with van der Waals surface area (Å²) in [4.78, 5) is 0. The Morgan fingerprint density at radius 1 is 1.50 bits per heavy atom. The van der Waals surface area contributed by atoms with Gasteiger partial charge in [0, 0.05) is 6.42 Å². The maximum Gasteiger partial charge on any atom is 0.160 e. The van der Waals surface area contributed by atoms with Crippen molar-refractivity contribution in [3.63, 3.8) is 0 Å². The molecule has 0 rings (SSSR count). The first-order chi connectivity index (χ1) is 4.70. The number of thiocarbonyl (C=S) groups is 1. The van der Waals surface area contributed by atoms with Gasteiger partial charge in [-0.15, -0.1) is 0 Å². The number of hydrogen-bond acceptors (Lipinski definition) is 2. The van der Waals surface area contributed by atoms with Gasteiger partial charge in [-0.1, -0.05) is 13.8 Å². The first kappa shape index (κ1) is 9.89. The van der Waals surface area contributed by atoms with Gasteiger partial charge in [-0.05, 0) is 32.0 Å². The third kappa shape index (κ3) is 4.74. The normalized spacial score (nSPS) is 12.7. The van der Waals surface area contributed by atoms with E-state index >= 15 is 0 Å². The molecule has 0 heterocycles. The van der Waals surface area contributed by atoms with Crippen LogP contribution in [-0.4, -0.2) is 11.2 Å². The molecule has 1 atom stereocenters. The quantitative estimate of drug-likeness (QED) is 0.585. The van der Waals surface area contributed by atoms with Crippen LogP contribution in [0.15, 0.2) is 0 Å². The fraction of sp³-hybridized carbons (Fsp3) is 0.875. The van der Waals surface area contributed by atoms with Crippen LogP contribution in [-0.2, 0) is 4.74 Å². The lowest BCUT2D eigenvalue weighted by atomic mass is 10.3. The van der Waals surface area contributed by atoms with E-state index in [9.17, 15) is 0 Å². The Hall–Kier alpha value is -0.110. The highest BCUT2D eigenvalue weighted by Gasteiger charge is 2.01. The molecule has 0 fully saturated rings. The minimum atomic E-state index is 0.291. The van der Waals surface area contributed by atoms with Crippen molar-refractivity contribution in [3.05, 3.63) is 0 Å². The number of rotatable bonds is 4. The predicted octanol–water partition coefficient (Wildman–Crippen LogP) is 2.93. The second-order valence-electron chi connectivity index (χ2n) is 2.46. The van der Waals surface area contributed by atoms with Gasteiger partial charge in [0.15, 0.2) is 5.05 Å². The first-order valence-electron chi connectivity index (χ1n) is 3.90. The summed E-state index contributed by atoms with van der Waals surface area (Å²) in [6.07, 6.45) is 3.32. The standard InChI is InChI=1S/C8H16OS/c1-4-6-8(10)9-7(3)5-2/h7H,4-6H2,1-3H3. The molecule has 0 bridgehead atoms. The van der Waals surface area contributed by atoms with Crippen molar-refractivity contribution in [2.75, 3.05) is 0 Å². The third-order valence-corrected chi connectivity index (χ3v) is 1.66. The van der Waals surface area contributed by atoms with Crippen molar-refractivity contribution < 1.29 is 4.74 Å². The minimum Gasteiger partial charge on any atom is -0.484 e. The smallest absolute Gasteiger partial charge is 0.160 e. The van der Waals surface area contributed by atoms with Gasteiger partial charge in [0.1, 0.15) is 0 Å². The molecule has 2 heteroatoms. The van der Waals surface area contributed by atoms with Gasteiger partial charge in [-0.2, -0.15) is 0 Å². The summed E-state index contributed by atoms with van der Waals surface area (Å²) in [5.41, 5.74) is 0. The third-order valence-electron chi connectivity index (χ3n) is 1.36. The van der Waals surface area contributed by atoms with Crippen molar-refractivity contribution in [1.82, 2.24) is 0 Å². The SMILES string of the molecule is CCCC(=S)OC(C)CC. The average molecular weight is 160 g/mol. The Labute approximate surface area is 68.8 Å². The van der Waals surface area contributed by atoms with Gasteiger partial charge in [0.05, 0.1) is 6.10 Å². The van der Waals surface area contributed by atoms with Crippen LogP contribution in [0, 0.1) is 0 Å². The molecule has 0 N–H and O–H groups in total. The first-order valence-corrected chi connectivity index (χ1v) is 4.31. The zero-order chi connectivity index (χ0) is 7.98. The van der Waals surface area contributed by atoms with E-state index in [-0.39, 0.29) is 0 Å². The van der Waals surface area contributed by atoms with Gasteiger partial charge < -0.3 is 4.74 Å². The number of hydrogen-bond donors (Lipinski definition) is 0. The Morgan fingerprint density at radius 3 is 2.50 bits per heavy atom. The van der Waals surface area contributed by atoms with E-state index in [1.807, 2.05) is 6.92 Å². The monoisotopic (exact) mass is 160 g/mol. The maximum absolute atomic E-state index is 5.37. The topological polar surface area (TPSA) is 9.23 Å². The van der Waals surface area contributed by atoms with Gasteiger partial charge in [0.25, 0.3) is 0 Å². The summed E-state index contributed by atoms with van der Waals surface area (Å²) >= 11 is 4.97. The molecular formula is C8H16OS. The summed E-state index contributed by atoms with van der Waals surface area (Å²) in [7, 11) is 0. The molecule has 0 aromatic heterocycles. The van der Waals surface area contributed by atoms with Crippen LogP contribution in [0.2, 0.25) is 0 Å². The Bertz CT molecular complexity index is 101. The Kier molecular flexibility index (Phi) is 5.60. The molecule has 10 heavy (non-hydrogen) atoms. The summed E-state index contributed by atoms with van der Waals surface area (Å²) in [6.45, 7) is 6.24.